The van der Waals surface area contributed by atoms with Crippen molar-refractivity contribution in [1.29, 1.82) is 0 Å². The van der Waals surface area contributed by atoms with Gasteiger partial charge in [-0.15, -0.1) is 0 Å². The zero-order valence-corrected chi connectivity index (χ0v) is 12.7. The van der Waals surface area contributed by atoms with Crippen molar-refractivity contribution in [2.24, 2.45) is 0 Å². The van der Waals surface area contributed by atoms with Crippen LogP contribution in [-0.4, -0.2) is 11.1 Å². The van der Waals surface area contributed by atoms with Crippen LogP contribution in [0.2, 0.25) is 0 Å². The van der Waals surface area contributed by atoms with Crippen LogP contribution in [0.1, 0.15) is 40.9 Å². The average molecular weight is 283 g/mol. The molecule has 0 unspecified atom stereocenters. The minimum atomic E-state index is -0.905. The zero-order chi connectivity index (χ0) is 15.4. The molecule has 0 atom stereocenters. The van der Waals surface area contributed by atoms with E-state index in [2.05, 4.69) is 37.4 Å². The lowest BCUT2D eigenvalue weighted by molar-refractivity contribution is 0.0697. The Bertz CT molecular complexity index is 640. The molecular formula is C18H21NO2. The van der Waals surface area contributed by atoms with Crippen molar-refractivity contribution in [2.45, 2.75) is 33.6 Å². The molecule has 0 saturated carbocycles. The average Bonchev–Trinajstić information content (AvgIpc) is 2.49. The molecule has 0 heterocycles. The van der Waals surface area contributed by atoms with Crippen LogP contribution in [0, 0.1) is 6.92 Å². The number of anilines is 2. The van der Waals surface area contributed by atoms with Gasteiger partial charge in [0.25, 0.3) is 0 Å². The van der Waals surface area contributed by atoms with E-state index in [0.717, 1.165) is 29.8 Å². The number of para-hydroxylation sites is 1. The van der Waals surface area contributed by atoms with E-state index in [4.69, 9.17) is 5.11 Å². The van der Waals surface area contributed by atoms with Crippen LogP contribution in [-0.2, 0) is 12.8 Å². The number of benzene rings is 2. The van der Waals surface area contributed by atoms with Crippen LogP contribution in [0.15, 0.2) is 36.4 Å². The molecule has 0 aliphatic carbocycles. The van der Waals surface area contributed by atoms with Crippen molar-refractivity contribution >= 4 is 17.3 Å². The van der Waals surface area contributed by atoms with Crippen LogP contribution >= 0.6 is 0 Å². The van der Waals surface area contributed by atoms with Gasteiger partial charge >= 0.3 is 5.97 Å². The fraction of sp³-hybridized carbons (Fsp3) is 0.278. The predicted octanol–water partition coefficient (Wildman–Crippen LogP) is 4.56. The van der Waals surface area contributed by atoms with Crippen molar-refractivity contribution in [1.82, 2.24) is 0 Å². The maximum absolute atomic E-state index is 11.1. The van der Waals surface area contributed by atoms with Gasteiger partial charge in [-0.05, 0) is 48.6 Å². The molecule has 110 valence electrons. The molecule has 0 saturated heterocycles. The summed E-state index contributed by atoms with van der Waals surface area (Å²) in [5, 5.41) is 12.6. The SMILES string of the molecule is CCc1cccc(CC)c1Nc1cc(C(=O)O)ccc1C. The third kappa shape index (κ3) is 3.24. The molecule has 0 radical (unpaired) electrons. The Morgan fingerprint density at radius 1 is 1.10 bits per heavy atom. The van der Waals surface area contributed by atoms with Crippen molar-refractivity contribution in [3.8, 4) is 0 Å². The van der Waals surface area contributed by atoms with Gasteiger partial charge in [-0.25, -0.2) is 4.79 Å². The van der Waals surface area contributed by atoms with Gasteiger partial charge < -0.3 is 10.4 Å². The van der Waals surface area contributed by atoms with Crippen molar-refractivity contribution in [2.75, 3.05) is 5.32 Å². The predicted molar refractivity (Wildman–Crippen MR) is 86.6 cm³/mol. The maximum Gasteiger partial charge on any atom is 0.335 e. The van der Waals surface area contributed by atoms with Crippen molar-refractivity contribution in [3.05, 3.63) is 58.7 Å². The largest absolute Gasteiger partial charge is 0.478 e. The van der Waals surface area contributed by atoms with Gasteiger partial charge in [0.1, 0.15) is 0 Å². The summed E-state index contributed by atoms with van der Waals surface area (Å²) in [4.78, 5) is 11.1. The van der Waals surface area contributed by atoms with Crippen LogP contribution < -0.4 is 5.32 Å². The normalized spacial score (nSPS) is 10.4. The van der Waals surface area contributed by atoms with Crippen LogP contribution in [0.5, 0.6) is 0 Å². The summed E-state index contributed by atoms with van der Waals surface area (Å²) in [5.41, 5.74) is 5.78. The number of carbonyl (C=O) groups is 1. The van der Waals surface area contributed by atoms with E-state index in [1.807, 2.05) is 13.0 Å². The summed E-state index contributed by atoms with van der Waals surface area (Å²) < 4.78 is 0. The van der Waals surface area contributed by atoms with E-state index in [-0.39, 0.29) is 0 Å². The topological polar surface area (TPSA) is 49.3 Å². The van der Waals surface area contributed by atoms with E-state index in [1.54, 1.807) is 12.1 Å². The zero-order valence-electron chi connectivity index (χ0n) is 12.7. The third-order valence-electron chi connectivity index (χ3n) is 3.74. The van der Waals surface area contributed by atoms with E-state index in [1.165, 1.54) is 11.1 Å². The molecule has 0 amide bonds. The van der Waals surface area contributed by atoms with Gasteiger partial charge in [-0.1, -0.05) is 38.1 Å². The fourth-order valence-corrected chi connectivity index (χ4v) is 2.43. The van der Waals surface area contributed by atoms with Gasteiger partial charge in [0.2, 0.25) is 0 Å². The summed E-state index contributed by atoms with van der Waals surface area (Å²) in [6.45, 7) is 6.23. The second kappa shape index (κ2) is 6.44. The summed E-state index contributed by atoms with van der Waals surface area (Å²) in [7, 11) is 0. The summed E-state index contributed by atoms with van der Waals surface area (Å²) in [6, 6.07) is 11.5. The van der Waals surface area contributed by atoms with E-state index >= 15 is 0 Å². The Labute approximate surface area is 125 Å². The first kappa shape index (κ1) is 15.1. The van der Waals surface area contributed by atoms with Crippen LogP contribution in [0.3, 0.4) is 0 Å². The van der Waals surface area contributed by atoms with Crippen LogP contribution in [0.25, 0.3) is 0 Å². The first-order valence-electron chi connectivity index (χ1n) is 7.28. The first-order chi connectivity index (χ1) is 10.1. The Morgan fingerprint density at radius 2 is 1.71 bits per heavy atom. The van der Waals surface area contributed by atoms with Gasteiger partial charge in [-0.2, -0.15) is 0 Å². The van der Waals surface area contributed by atoms with Crippen molar-refractivity contribution < 1.29 is 9.90 Å². The number of aromatic carboxylic acids is 1. The molecule has 2 N–H and O–H groups in total. The highest BCUT2D eigenvalue weighted by molar-refractivity contribution is 5.89. The third-order valence-corrected chi connectivity index (χ3v) is 3.74. The minimum Gasteiger partial charge on any atom is -0.478 e. The first-order valence-corrected chi connectivity index (χ1v) is 7.28. The van der Waals surface area contributed by atoms with E-state index in [9.17, 15) is 4.79 Å². The van der Waals surface area contributed by atoms with E-state index < -0.39 is 5.97 Å². The minimum absolute atomic E-state index is 0.301. The summed E-state index contributed by atoms with van der Waals surface area (Å²) >= 11 is 0. The number of aryl methyl sites for hydroxylation is 3. The lowest BCUT2D eigenvalue weighted by Gasteiger charge is -2.17. The Kier molecular flexibility index (Phi) is 4.63. The molecule has 3 nitrogen and oxygen atoms in total. The number of nitrogens with one attached hydrogen (secondary N) is 1. The molecule has 21 heavy (non-hydrogen) atoms. The molecule has 0 fully saturated rings. The fourth-order valence-electron chi connectivity index (χ4n) is 2.43. The van der Waals surface area contributed by atoms with Gasteiger partial charge in [0.15, 0.2) is 0 Å². The number of hydrogen-bond acceptors (Lipinski definition) is 2. The molecule has 3 heteroatoms. The molecule has 2 aromatic carbocycles. The smallest absolute Gasteiger partial charge is 0.335 e. The summed E-state index contributed by atoms with van der Waals surface area (Å²) in [6.07, 6.45) is 1.88. The molecular weight excluding hydrogens is 262 g/mol. The lowest BCUT2D eigenvalue weighted by atomic mass is 10.0. The van der Waals surface area contributed by atoms with Gasteiger partial charge in [0, 0.05) is 11.4 Å². The van der Waals surface area contributed by atoms with E-state index in [0.29, 0.717) is 5.56 Å². The van der Waals surface area contributed by atoms with Crippen molar-refractivity contribution in [3.63, 3.8) is 0 Å². The number of carboxylic acid groups (broad SMARTS) is 1. The Balaban J connectivity index is 2.47. The molecule has 0 aromatic heterocycles. The number of hydrogen-bond donors (Lipinski definition) is 2. The lowest BCUT2D eigenvalue weighted by Crippen LogP contribution is -2.03. The van der Waals surface area contributed by atoms with Gasteiger partial charge in [0.05, 0.1) is 5.56 Å². The highest BCUT2D eigenvalue weighted by Gasteiger charge is 2.10. The number of rotatable bonds is 5. The Hall–Kier alpha value is -2.29. The quantitative estimate of drug-likeness (QED) is 0.845. The molecule has 0 spiro atoms. The highest BCUT2D eigenvalue weighted by Crippen LogP contribution is 2.28. The summed E-state index contributed by atoms with van der Waals surface area (Å²) in [5.74, 6) is -0.905. The molecule has 0 aliphatic rings. The maximum atomic E-state index is 11.1. The molecule has 0 aliphatic heterocycles. The highest BCUT2D eigenvalue weighted by atomic mass is 16.4. The monoisotopic (exact) mass is 283 g/mol. The molecule has 2 aromatic rings. The van der Waals surface area contributed by atoms with Crippen LogP contribution in [0.4, 0.5) is 11.4 Å². The standard InChI is InChI=1S/C18H21NO2/c1-4-13-7-6-8-14(5-2)17(13)19-16-11-15(18(20)21)10-9-12(16)3/h6-11,19H,4-5H2,1-3H3,(H,20,21). The van der Waals surface area contributed by atoms with Gasteiger partial charge in [-0.3, -0.25) is 0 Å². The number of carboxylic acids is 1. The second-order valence-electron chi connectivity index (χ2n) is 5.12. The Morgan fingerprint density at radius 3 is 2.24 bits per heavy atom. The molecule has 2 rings (SSSR count). The second-order valence-corrected chi connectivity index (χ2v) is 5.12. The molecule has 0 bridgehead atoms.